The molecule has 0 saturated carbocycles. The van der Waals surface area contributed by atoms with E-state index in [1.165, 1.54) is 12.3 Å². The van der Waals surface area contributed by atoms with Crippen LogP contribution < -0.4 is 15.8 Å². The molecule has 0 radical (unpaired) electrons. The summed E-state index contributed by atoms with van der Waals surface area (Å²) in [5.41, 5.74) is 5.55. The number of amides is 2. The van der Waals surface area contributed by atoms with E-state index in [2.05, 4.69) is 17.2 Å². The molecule has 2 amide bonds. The second kappa shape index (κ2) is 8.86. The number of carbonyl (C=O) groups excluding carboxylic acids is 2. The first kappa shape index (κ1) is 16.9. The van der Waals surface area contributed by atoms with Gasteiger partial charge in [0.1, 0.15) is 18.1 Å². The average Bonchev–Trinajstić information content (AvgIpc) is 3.10. The van der Waals surface area contributed by atoms with Crippen molar-refractivity contribution in [3.63, 3.8) is 0 Å². The van der Waals surface area contributed by atoms with Crippen LogP contribution in [0.5, 0.6) is 5.75 Å². The summed E-state index contributed by atoms with van der Waals surface area (Å²) in [4.78, 5) is 22.7. The fourth-order valence-corrected chi connectivity index (χ4v) is 1.76. The Morgan fingerprint density at radius 2 is 2.04 bits per heavy atom. The highest BCUT2D eigenvalue weighted by Gasteiger charge is 2.06. The molecule has 1 aromatic carbocycles. The summed E-state index contributed by atoms with van der Waals surface area (Å²) in [6, 6.07) is 10.1. The maximum Gasteiger partial charge on any atom is 0.252 e. The van der Waals surface area contributed by atoms with Gasteiger partial charge >= 0.3 is 0 Å². The maximum atomic E-state index is 11.5. The average molecular weight is 324 g/mol. The first-order valence-corrected chi connectivity index (χ1v) is 7.13. The zero-order valence-electron chi connectivity index (χ0n) is 12.8. The van der Waals surface area contributed by atoms with Gasteiger partial charge in [0.05, 0.1) is 18.4 Å². The molecule has 0 aliphatic rings. The Labute approximate surface area is 139 Å². The van der Waals surface area contributed by atoms with Gasteiger partial charge in [-0.25, -0.2) is 0 Å². The summed E-state index contributed by atoms with van der Waals surface area (Å²) in [5, 5.41) is 2.60. The summed E-state index contributed by atoms with van der Waals surface area (Å²) >= 11 is 0. The van der Waals surface area contributed by atoms with Crippen molar-refractivity contribution in [2.75, 3.05) is 13.2 Å². The van der Waals surface area contributed by atoms with Gasteiger partial charge in [-0.05, 0) is 30.3 Å². The van der Waals surface area contributed by atoms with Crippen molar-refractivity contribution in [3.8, 4) is 17.6 Å². The Morgan fingerprint density at radius 3 is 2.79 bits per heavy atom. The molecule has 1 heterocycles. The molecule has 2 aromatic rings. The molecule has 0 aliphatic heterocycles. The lowest BCUT2D eigenvalue weighted by molar-refractivity contribution is -0.116. The minimum atomic E-state index is -0.561. The van der Waals surface area contributed by atoms with Crippen LogP contribution in [-0.2, 0) is 4.79 Å². The van der Waals surface area contributed by atoms with Crippen molar-refractivity contribution in [2.45, 2.75) is 0 Å². The predicted octanol–water partition coefficient (Wildman–Crippen LogP) is 1.59. The molecule has 0 atom stereocenters. The number of carbonyl (C=O) groups is 2. The van der Waals surface area contributed by atoms with Gasteiger partial charge in [-0.15, -0.1) is 0 Å². The molecule has 1 aromatic heterocycles. The fraction of sp³-hybridized carbons (Fsp3) is 0.111. The van der Waals surface area contributed by atoms with Gasteiger partial charge < -0.3 is 20.2 Å². The Balaban J connectivity index is 1.73. The van der Waals surface area contributed by atoms with Crippen LogP contribution in [0.15, 0.2) is 53.2 Å². The Morgan fingerprint density at radius 1 is 1.21 bits per heavy atom. The fourth-order valence-electron chi connectivity index (χ4n) is 1.76. The number of hydrogen-bond acceptors (Lipinski definition) is 4. The van der Waals surface area contributed by atoms with Crippen LogP contribution in [0.25, 0.3) is 6.08 Å². The zero-order valence-corrected chi connectivity index (χ0v) is 12.8. The van der Waals surface area contributed by atoms with E-state index in [9.17, 15) is 9.59 Å². The van der Waals surface area contributed by atoms with Crippen molar-refractivity contribution in [3.05, 3.63) is 60.1 Å². The molecule has 24 heavy (non-hydrogen) atoms. The number of ether oxygens (including phenoxy) is 1. The summed E-state index contributed by atoms with van der Waals surface area (Å²) in [5.74, 6) is 5.63. The second-order valence-electron chi connectivity index (χ2n) is 4.57. The van der Waals surface area contributed by atoms with Gasteiger partial charge in [-0.2, -0.15) is 0 Å². The third-order valence-electron chi connectivity index (χ3n) is 2.87. The standard InChI is InChI=1S/C18H16N2O4/c19-18(22)15-7-1-2-8-16(15)24-12-4-3-11-20-17(21)10-9-14-6-5-13-23-14/h1-2,5-10,13H,11-12H2,(H2,19,22)(H,20,21)/b10-9+. The Kier molecular flexibility index (Phi) is 6.24. The largest absolute Gasteiger partial charge is 0.480 e. The van der Waals surface area contributed by atoms with E-state index in [4.69, 9.17) is 14.9 Å². The summed E-state index contributed by atoms with van der Waals surface area (Å²) in [6.07, 6.45) is 4.45. The Bertz CT molecular complexity index is 783. The van der Waals surface area contributed by atoms with Crippen molar-refractivity contribution in [1.29, 1.82) is 0 Å². The van der Waals surface area contributed by atoms with Crippen LogP contribution >= 0.6 is 0 Å². The van der Waals surface area contributed by atoms with Crippen molar-refractivity contribution in [2.24, 2.45) is 5.73 Å². The monoisotopic (exact) mass is 324 g/mol. The lowest BCUT2D eigenvalue weighted by Gasteiger charge is -2.05. The van der Waals surface area contributed by atoms with E-state index in [0.717, 1.165) is 0 Å². The molecule has 0 spiro atoms. The van der Waals surface area contributed by atoms with Crippen LogP contribution in [-0.4, -0.2) is 25.0 Å². The number of benzene rings is 1. The molecule has 6 heteroatoms. The van der Waals surface area contributed by atoms with Gasteiger partial charge in [0.25, 0.3) is 5.91 Å². The molecule has 0 unspecified atom stereocenters. The third kappa shape index (κ3) is 5.39. The molecular formula is C18H16N2O4. The summed E-state index contributed by atoms with van der Waals surface area (Å²) in [6.45, 7) is 0.268. The highest BCUT2D eigenvalue weighted by molar-refractivity contribution is 5.95. The molecule has 3 N–H and O–H groups in total. The van der Waals surface area contributed by atoms with Crippen LogP contribution in [0.2, 0.25) is 0 Å². The molecule has 0 fully saturated rings. The topological polar surface area (TPSA) is 94.6 Å². The number of furan rings is 1. The van der Waals surface area contributed by atoms with Gasteiger partial charge in [0.2, 0.25) is 5.91 Å². The van der Waals surface area contributed by atoms with Gasteiger partial charge in [0, 0.05) is 6.08 Å². The van der Waals surface area contributed by atoms with Crippen LogP contribution in [0, 0.1) is 11.8 Å². The van der Waals surface area contributed by atoms with Crippen molar-refractivity contribution >= 4 is 17.9 Å². The van der Waals surface area contributed by atoms with Crippen LogP contribution in [0.4, 0.5) is 0 Å². The molecule has 0 aliphatic carbocycles. The summed E-state index contributed by atoms with van der Waals surface area (Å²) in [7, 11) is 0. The second-order valence-corrected chi connectivity index (χ2v) is 4.57. The molecule has 0 bridgehead atoms. The van der Waals surface area contributed by atoms with E-state index in [1.807, 2.05) is 0 Å². The molecular weight excluding hydrogens is 308 g/mol. The lowest BCUT2D eigenvalue weighted by atomic mass is 10.2. The normalized spacial score (nSPS) is 10.0. The molecule has 0 saturated heterocycles. The number of nitrogens with one attached hydrogen (secondary N) is 1. The van der Waals surface area contributed by atoms with Gasteiger partial charge in [0.15, 0.2) is 0 Å². The molecule has 6 nitrogen and oxygen atoms in total. The number of para-hydroxylation sites is 1. The Hall–Kier alpha value is -3.46. The highest BCUT2D eigenvalue weighted by atomic mass is 16.5. The van der Waals surface area contributed by atoms with E-state index < -0.39 is 5.91 Å². The van der Waals surface area contributed by atoms with Crippen molar-refractivity contribution in [1.82, 2.24) is 5.32 Å². The van der Waals surface area contributed by atoms with Crippen LogP contribution in [0.1, 0.15) is 16.1 Å². The number of rotatable bonds is 6. The first-order chi connectivity index (χ1) is 11.7. The van der Waals surface area contributed by atoms with Gasteiger partial charge in [-0.3, -0.25) is 9.59 Å². The van der Waals surface area contributed by atoms with E-state index in [-0.39, 0.29) is 19.1 Å². The smallest absolute Gasteiger partial charge is 0.252 e. The van der Waals surface area contributed by atoms with Crippen molar-refractivity contribution < 1.29 is 18.7 Å². The lowest BCUT2D eigenvalue weighted by Crippen LogP contribution is -2.21. The van der Waals surface area contributed by atoms with Gasteiger partial charge in [-0.1, -0.05) is 24.0 Å². The maximum absolute atomic E-state index is 11.5. The first-order valence-electron chi connectivity index (χ1n) is 7.13. The minimum absolute atomic E-state index is 0.0857. The molecule has 122 valence electrons. The van der Waals surface area contributed by atoms with E-state index in [0.29, 0.717) is 17.1 Å². The zero-order chi connectivity index (χ0) is 17.2. The minimum Gasteiger partial charge on any atom is -0.480 e. The highest BCUT2D eigenvalue weighted by Crippen LogP contribution is 2.16. The summed E-state index contributed by atoms with van der Waals surface area (Å²) < 4.78 is 10.5. The third-order valence-corrected chi connectivity index (χ3v) is 2.87. The molecule has 2 rings (SSSR count). The number of primary amides is 1. The van der Waals surface area contributed by atoms with E-state index in [1.54, 1.807) is 42.5 Å². The quantitative estimate of drug-likeness (QED) is 0.623. The number of nitrogens with two attached hydrogens (primary N) is 1. The van der Waals surface area contributed by atoms with Crippen LogP contribution in [0.3, 0.4) is 0 Å². The van der Waals surface area contributed by atoms with E-state index >= 15 is 0 Å². The number of hydrogen-bond donors (Lipinski definition) is 2. The predicted molar refractivity (Wildman–Crippen MR) is 89.0 cm³/mol. The SMILES string of the molecule is NC(=O)c1ccccc1OCC#CCNC(=O)/C=C/c1ccco1.